The monoisotopic (exact) mass is 376 g/mol. The summed E-state index contributed by atoms with van der Waals surface area (Å²) in [5, 5.41) is 9.66. The zero-order valence-electron chi connectivity index (χ0n) is 15.5. The number of aliphatic hydroxyl groups is 1. The highest BCUT2D eigenvalue weighted by Gasteiger charge is 2.47. The number of ether oxygens (including phenoxy) is 3. The number of hydrogen-bond acceptors (Lipinski definition) is 7. The molecule has 27 heavy (non-hydrogen) atoms. The van der Waals surface area contributed by atoms with Crippen molar-refractivity contribution in [3.8, 4) is 0 Å². The zero-order chi connectivity index (χ0) is 19.7. The molecule has 7 nitrogen and oxygen atoms in total. The summed E-state index contributed by atoms with van der Waals surface area (Å²) in [5.41, 5.74) is 1.13. The lowest BCUT2D eigenvalue weighted by atomic mass is 9.87. The van der Waals surface area contributed by atoms with Crippen LogP contribution in [0.4, 0.5) is 0 Å². The highest BCUT2D eigenvalue weighted by molar-refractivity contribution is 5.94. The van der Waals surface area contributed by atoms with Gasteiger partial charge in [-0.1, -0.05) is 20.4 Å². The standard InChI is InChI=1S/C20H24O7/c1-4-10(2)18(22)25-14-6-5-12(9-21)7-15-17(11(3)19(23)26-15)16-8-13(14)20(24)27-16/h7-8,10,14-17,21H,3-6,9H2,1-2H3/b12-7-/t10?,14-,15-,16-,17+/m1/s1. The summed E-state index contributed by atoms with van der Waals surface area (Å²) in [7, 11) is 0. The normalized spacial score (nSPS) is 33.2. The number of hydrogen-bond donors (Lipinski definition) is 1. The lowest BCUT2D eigenvalue weighted by Crippen LogP contribution is -2.28. The van der Waals surface area contributed by atoms with E-state index < -0.39 is 36.2 Å². The molecule has 2 heterocycles. The minimum Gasteiger partial charge on any atom is -0.457 e. The second-order valence-electron chi connectivity index (χ2n) is 7.17. The third-order valence-electron chi connectivity index (χ3n) is 5.39. The van der Waals surface area contributed by atoms with Crippen molar-refractivity contribution in [1.82, 2.24) is 0 Å². The summed E-state index contributed by atoms with van der Waals surface area (Å²) >= 11 is 0. The van der Waals surface area contributed by atoms with Crippen LogP contribution in [0.15, 0.2) is 35.5 Å². The first kappa shape index (κ1) is 19.4. The molecule has 1 N–H and O–H groups in total. The Labute approximate surface area is 157 Å². The molecule has 3 rings (SSSR count). The van der Waals surface area contributed by atoms with Gasteiger partial charge in [0.1, 0.15) is 18.3 Å². The number of esters is 3. The van der Waals surface area contributed by atoms with E-state index in [2.05, 4.69) is 6.58 Å². The van der Waals surface area contributed by atoms with E-state index in [1.165, 1.54) is 0 Å². The first-order chi connectivity index (χ1) is 12.8. The summed E-state index contributed by atoms with van der Waals surface area (Å²) in [4.78, 5) is 36.7. The second-order valence-corrected chi connectivity index (χ2v) is 7.17. The number of aliphatic hydroxyl groups excluding tert-OH is 1. The topological polar surface area (TPSA) is 99.1 Å². The lowest BCUT2D eigenvalue weighted by molar-refractivity contribution is -0.153. The average molecular weight is 376 g/mol. The third kappa shape index (κ3) is 3.69. The van der Waals surface area contributed by atoms with Crippen LogP contribution < -0.4 is 0 Å². The Kier molecular flexibility index (Phi) is 5.51. The summed E-state index contributed by atoms with van der Waals surface area (Å²) in [6.07, 6.45) is 2.49. The smallest absolute Gasteiger partial charge is 0.338 e. The van der Waals surface area contributed by atoms with E-state index in [0.717, 1.165) is 0 Å². The van der Waals surface area contributed by atoms with Gasteiger partial charge in [0.2, 0.25) is 0 Å². The fraction of sp³-hybridized carbons (Fsp3) is 0.550. The van der Waals surface area contributed by atoms with Crippen LogP contribution in [-0.2, 0) is 28.6 Å². The van der Waals surface area contributed by atoms with Crippen molar-refractivity contribution in [2.75, 3.05) is 6.61 Å². The molecule has 1 saturated heterocycles. The van der Waals surface area contributed by atoms with Crippen molar-refractivity contribution in [2.45, 2.75) is 51.4 Å². The highest BCUT2D eigenvalue weighted by Crippen LogP contribution is 2.38. The molecule has 0 saturated carbocycles. The Hall–Kier alpha value is -2.41. The molecular formula is C20H24O7. The van der Waals surface area contributed by atoms with Crippen LogP contribution in [0.3, 0.4) is 0 Å². The molecule has 5 atom stereocenters. The van der Waals surface area contributed by atoms with E-state index in [0.29, 0.717) is 24.8 Å². The number of carbonyl (C=O) groups is 3. The summed E-state index contributed by atoms with van der Waals surface area (Å²) in [6, 6.07) is 0. The van der Waals surface area contributed by atoms with Crippen LogP contribution in [0.25, 0.3) is 0 Å². The molecule has 0 spiro atoms. The second kappa shape index (κ2) is 7.68. The number of rotatable bonds is 4. The minimum absolute atomic E-state index is 0.220. The molecule has 0 aromatic carbocycles. The molecule has 0 amide bonds. The first-order valence-electron chi connectivity index (χ1n) is 9.19. The Morgan fingerprint density at radius 1 is 1.30 bits per heavy atom. The molecule has 2 bridgehead atoms. The Balaban J connectivity index is 1.94. The van der Waals surface area contributed by atoms with Crippen LogP contribution in [0.1, 0.15) is 33.1 Å². The Bertz CT molecular complexity index is 733. The van der Waals surface area contributed by atoms with Gasteiger partial charge >= 0.3 is 17.9 Å². The molecule has 7 heteroatoms. The summed E-state index contributed by atoms with van der Waals surface area (Å²) < 4.78 is 16.4. The van der Waals surface area contributed by atoms with Gasteiger partial charge in [-0.05, 0) is 37.0 Å². The predicted octanol–water partition coefficient (Wildman–Crippen LogP) is 1.61. The van der Waals surface area contributed by atoms with Gasteiger partial charge in [0.25, 0.3) is 0 Å². The SMILES string of the molecule is C=C1C(=O)O[C@@H]2/C=C(\CO)CC[C@@H](OC(=O)C(C)CC)C3=C[C@@H](OC3=O)[C@@H]12. The average Bonchev–Trinajstić information content (AvgIpc) is 3.15. The fourth-order valence-corrected chi connectivity index (χ4v) is 3.48. The molecular weight excluding hydrogens is 352 g/mol. The van der Waals surface area contributed by atoms with Gasteiger partial charge in [-0.2, -0.15) is 0 Å². The van der Waals surface area contributed by atoms with Crippen molar-refractivity contribution in [3.63, 3.8) is 0 Å². The van der Waals surface area contributed by atoms with E-state index in [4.69, 9.17) is 14.2 Å². The van der Waals surface area contributed by atoms with Crippen LogP contribution in [0.5, 0.6) is 0 Å². The zero-order valence-corrected chi connectivity index (χ0v) is 15.5. The first-order valence-corrected chi connectivity index (χ1v) is 9.19. The van der Waals surface area contributed by atoms with Gasteiger partial charge in [-0.3, -0.25) is 4.79 Å². The van der Waals surface area contributed by atoms with Gasteiger partial charge in [0.15, 0.2) is 0 Å². The Morgan fingerprint density at radius 3 is 2.63 bits per heavy atom. The van der Waals surface area contributed by atoms with Gasteiger partial charge < -0.3 is 19.3 Å². The summed E-state index contributed by atoms with van der Waals surface area (Å²) in [6.45, 7) is 7.19. The van der Waals surface area contributed by atoms with Crippen molar-refractivity contribution in [2.24, 2.45) is 11.8 Å². The highest BCUT2D eigenvalue weighted by atomic mass is 16.6. The van der Waals surface area contributed by atoms with E-state index >= 15 is 0 Å². The maximum atomic E-state index is 12.4. The molecule has 0 aromatic heterocycles. The predicted molar refractivity (Wildman–Crippen MR) is 94.2 cm³/mol. The largest absolute Gasteiger partial charge is 0.457 e. The molecule has 0 aromatic rings. The molecule has 1 unspecified atom stereocenters. The van der Waals surface area contributed by atoms with Gasteiger partial charge in [-0.15, -0.1) is 0 Å². The fourth-order valence-electron chi connectivity index (χ4n) is 3.48. The van der Waals surface area contributed by atoms with Gasteiger partial charge in [-0.25, -0.2) is 9.59 Å². The summed E-state index contributed by atoms with van der Waals surface area (Å²) in [5.74, 6) is -2.35. The molecule has 2 aliphatic heterocycles. The maximum absolute atomic E-state index is 12.4. The number of fused-ring (bicyclic) bond motifs is 3. The van der Waals surface area contributed by atoms with Crippen molar-refractivity contribution >= 4 is 17.9 Å². The third-order valence-corrected chi connectivity index (χ3v) is 5.39. The minimum atomic E-state index is -0.762. The molecule has 1 aliphatic carbocycles. The van der Waals surface area contributed by atoms with Crippen molar-refractivity contribution in [1.29, 1.82) is 0 Å². The lowest BCUT2D eigenvalue weighted by Gasteiger charge is -2.22. The molecule has 1 fully saturated rings. The van der Waals surface area contributed by atoms with Crippen LogP contribution in [0, 0.1) is 11.8 Å². The quantitative estimate of drug-likeness (QED) is 0.344. The van der Waals surface area contributed by atoms with E-state index in [1.54, 1.807) is 19.1 Å². The van der Waals surface area contributed by atoms with E-state index in [9.17, 15) is 19.5 Å². The van der Waals surface area contributed by atoms with Crippen LogP contribution in [0.2, 0.25) is 0 Å². The molecule has 3 aliphatic rings. The molecule has 0 radical (unpaired) electrons. The van der Waals surface area contributed by atoms with Crippen molar-refractivity contribution in [3.05, 3.63) is 35.5 Å². The number of carbonyl (C=O) groups excluding carboxylic acids is 3. The van der Waals surface area contributed by atoms with Gasteiger partial charge in [0, 0.05) is 5.57 Å². The molecule has 146 valence electrons. The van der Waals surface area contributed by atoms with E-state index in [1.807, 2.05) is 6.92 Å². The van der Waals surface area contributed by atoms with Crippen LogP contribution >= 0.6 is 0 Å². The van der Waals surface area contributed by atoms with Crippen molar-refractivity contribution < 1.29 is 33.7 Å². The Morgan fingerprint density at radius 2 is 1.96 bits per heavy atom. The van der Waals surface area contributed by atoms with Gasteiger partial charge in [0.05, 0.1) is 24.0 Å². The van der Waals surface area contributed by atoms with E-state index in [-0.39, 0.29) is 29.6 Å². The maximum Gasteiger partial charge on any atom is 0.338 e. The van der Waals surface area contributed by atoms with Crippen LogP contribution in [-0.4, -0.2) is 47.9 Å².